The van der Waals surface area contributed by atoms with Crippen LogP contribution in [0.2, 0.25) is 0 Å². The predicted octanol–water partition coefficient (Wildman–Crippen LogP) is 2.65. The number of nitrogens with zero attached hydrogens (tertiary/aromatic N) is 2. The van der Waals surface area contributed by atoms with Crippen LogP contribution in [0.25, 0.3) is 0 Å². The topological polar surface area (TPSA) is 61.8 Å². The third-order valence-electron chi connectivity index (χ3n) is 3.74. The van der Waals surface area contributed by atoms with Gasteiger partial charge in [0.05, 0.1) is 0 Å². The van der Waals surface area contributed by atoms with Gasteiger partial charge in [-0.15, -0.1) is 0 Å². The monoisotopic (exact) mass is 263 g/mol. The molecule has 0 radical (unpaired) electrons. The molecule has 0 amide bonds. The van der Waals surface area contributed by atoms with Crippen molar-refractivity contribution in [2.45, 2.75) is 40.3 Å². The second kappa shape index (κ2) is 6.06. The molecule has 0 aliphatic heterocycles. The van der Waals surface area contributed by atoms with Gasteiger partial charge < -0.3 is 10.9 Å². The van der Waals surface area contributed by atoms with Gasteiger partial charge in [0, 0.05) is 18.2 Å². The molecule has 3 N–H and O–H groups in total. The van der Waals surface area contributed by atoms with E-state index in [1.807, 2.05) is 24.3 Å². The van der Waals surface area contributed by atoms with Crippen LogP contribution in [0.3, 0.4) is 0 Å². The lowest BCUT2D eigenvalue weighted by Crippen LogP contribution is -2.39. The van der Waals surface area contributed by atoms with E-state index in [1.165, 1.54) is 0 Å². The highest BCUT2D eigenvalue weighted by Gasteiger charge is 2.24. The molecule has 1 rings (SSSR count). The van der Waals surface area contributed by atoms with Gasteiger partial charge in [0.15, 0.2) is 5.84 Å². The predicted molar refractivity (Wildman–Crippen MR) is 79.3 cm³/mol. The smallest absolute Gasteiger partial charge is 0.170 e. The molecule has 4 nitrogen and oxygen atoms in total. The molecule has 0 saturated carbocycles. The third kappa shape index (κ3) is 3.96. The van der Waals surface area contributed by atoms with E-state index in [-0.39, 0.29) is 11.3 Å². The Labute approximate surface area is 115 Å². The summed E-state index contributed by atoms with van der Waals surface area (Å²) in [6.45, 7) is 9.66. The molecule has 0 aliphatic rings. The van der Waals surface area contributed by atoms with Crippen molar-refractivity contribution in [1.29, 1.82) is 0 Å². The maximum Gasteiger partial charge on any atom is 0.170 e. The van der Waals surface area contributed by atoms with Gasteiger partial charge in [0.1, 0.15) is 0 Å². The Morgan fingerprint density at radius 2 is 1.95 bits per heavy atom. The van der Waals surface area contributed by atoms with Gasteiger partial charge in [-0.1, -0.05) is 50.2 Å². The molecule has 1 aromatic rings. The molecule has 0 spiro atoms. The molecule has 0 saturated heterocycles. The zero-order chi connectivity index (χ0) is 14.6. The number of hydrogen-bond donors (Lipinski definition) is 2. The standard InChI is InChI=1S/C15H25N3O/c1-11(15(2,3)4)18(5)10-12-8-6-7-9-13(12)14(16)17-19/h6-9,11,19H,10H2,1-5H3,(H2,16,17). The molecule has 0 heterocycles. The van der Waals surface area contributed by atoms with E-state index >= 15 is 0 Å². The van der Waals surface area contributed by atoms with Crippen molar-refractivity contribution in [2.24, 2.45) is 16.3 Å². The van der Waals surface area contributed by atoms with Crippen molar-refractivity contribution >= 4 is 5.84 Å². The van der Waals surface area contributed by atoms with Crippen LogP contribution >= 0.6 is 0 Å². The first kappa shape index (κ1) is 15.5. The fourth-order valence-corrected chi connectivity index (χ4v) is 2.03. The highest BCUT2D eigenvalue weighted by atomic mass is 16.4. The normalized spacial score (nSPS) is 14.7. The Hall–Kier alpha value is -1.55. The van der Waals surface area contributed by atoms with Crippen molar-refractivity contribution in [3.05, 3.63) is 35.4 Å². The lowest BCUT2D eigenvalue weighted by molar-refractivity contribution is 0.134. The minimum Gasteiger partial charge on any atom is -0.409 e. The summed E-state index contributed by atoms with van der Waals surface area (Å²) in [7, 11) is 2.10. The van der Waals surface area contributed by atoms with Gasteiger partial charge in [-0.05, 0) is 24.9 Å². The van der Waals surface area contributed by atoms with Gasteiger partial charge in [-0.2, -0.15) is 0 Å². The van der Waals surface area contributed by atoms with Crippen LogP contribution in [0, 0.1) is 5.41 Å². The Balaban J connectivity index is 2.95. The van der Waals surface area contributed by atoms with Crippen LogP contribution in [0.5, 0.6) is 0 Å². The summed E-state index contributed by atoms with van der Waals surface area (Å²) >= 11 is 0. The third-order valence-corrected chi connectivity index (χ3v) is 3.74. The molecule has 0 aromatic heterocycles. The minimum absolute atomic E-state index is 0.160. The summed E-state index contributed by atoms with van der Waals surface area (Å²) in [5.74, 6) is 0.160. The molecule has 106 valence electrons. The molecule has 1 aromatic carbocycles. The van der Waals surface area contributed by atoms with E-state index in [4.69, 9.17) is 10.9 Å². The van der Waals surface area contributed by atoms with E-state index in [0.29, 0.717) is 6.04 Å². The highest BCUT2D eigenvalue weighted by molar-refractivity contribution is 5.98. The quantitative estimate of drug-likeness (QED) is 0.380. The molecule has 4 heteroatoms. The molecule has 0 aliphatic carbocycles. The maximum absolute atomic E-state index is 8.83. The number of rotatable bonds is 4. The Kier molecular flexibility index (Phi) is 4.95. The first-order valence-corrected chi connectivity index (χ1v) is 6.53. The minimum atomic E-state index is 0.160. The number of hydrogen-bond acceptors (Lipinski definition) is 3. The highest BCUT2D eigenvalue weighted by Crippen LogP contribution is 2.24. The maximum atomic E-state index is 8.83. The van der Waals surface area contributed by atoms with Crippen molar-refractivity contribution in [2.75, 3.05) is 7.05 Å². The van der Waals surface area contributed by atoms with Gasteiger partial charge in [-0.25, -0.2) is 0 Å². The number of oxime groups is 1. The second-order valence-electron chi connectivity index (χ2n) is 6.10. The van der Waals surface area contributed by atoms with E-state index in [9.17, 15) is 0 Å². The van der Waals surface area contributed by atoms with E-state index in [2.05, 4.69) is 44.8 Å². The molecule has 19 heavy (non-hydrogen) atoms. The molecular weight excluding hydrogens is 238 g/mol. The van der Waals surface area contributed by atoms with Gasteiger partial charge in [0.2, 0.25) is 0 Å². The number of amidine groups is 1. The van der Waals surface area contributed by atoms with Crippen LogP contribution in [0.15, 0.2) is 29.4 Å². The van der Waals surface area contributed by atoms with Crippen LogP contribution in [-0.2, 0) is 6.54 Å². The summed E-state index contributed by atoms with van der Waals surface area (Å²) in [5.41, 5.74) is 7.78. The second-order valence-corrected chi connectivity index (χ2v) is 6.10. The lowest BCUT2D eigenvalue weighted by atomic mass is 9.87. The van der Waals surface area contributed by atoms with E-state index < -0.39 is 0 Å². The molecule has 0 bridgehead atoms. The van der Waals surface area contributed by atoms with Crippen molar-refractivity contribution in [3.63, 3.8) is 0 Å². The van der Waals surface area contributed by atoms with Crippen LogP contribution in [0.1, 0.15) is 38.8 Å². The van der Waals surface area contributed by atoms with Crippen molar-refractivity contribution in [3.8, 4) is 0 Å². The first-order chi connectivity index (χ1) is 8.77. The number of nitrogens with two attached hydrogens (primary N) is 1. The summed E-state index contributed by atoms with van der Waals surface area (Å²) in [6.07, 6.45) is 0. The Morgan fingerprint density at radius 1 is 1.37 bits per heavy atom. The first-order valence-electron chi connectivity index (χ1n) is 6.53. The molecule has 1 atom stereocenters. The fourth-order valence-electron chi connectivity index (χ4n) is 2.03. The van der Waals surface area contributed by atoms with E-state index in [1.54, 1.807) is 0 Å². The zero-order valence-corrected chi connectivity index (χ0v) is 12.5. The van der Waals surface area contributed by atoms with Crippen molar-refractivity contribution < 1.29 is 5.21 Å². The Morgan fingerprint density at radius 3 is 2.47 bits per heavy atom. The molecule has 0 fully saturated rings. The van der Waals surface area contributed by atoms with Crippen molar-refractivity contribution in [1.82, 2.24) is 4.90 Å². The van der Waals surface area contributed by atoms with E-state index in [0.717, 1.165) is 17.7 Å². The zero-order valence-electron chi connectivity index (χ0n) is 12.5. The summed E-state index contributed by atoms with van der Waals surface area (Å²) in [4.78, 5) is 2.28. The largest absolute Gasteiger partial charge is 0.409 e. The average molecular weight is 263 g/mol. The Bertz CT molecular complexity index is 449. The average Bonchev–Trinajstić information content (AvgIpc) is 2.36. The molecular formula is C15H25N3O. The molecule has 1 unspecified atom stereocenters. The van der Waals surface area contributed by atoms with Gasteiger partial charge >= 0.3 is 0 Å². The van der Waals surface area contributed by atoms with Gasteiger partial charge in [-0.3, -0.25) is 4.90 Å². The van der Waals surface area contributed by atoms with Crippen LogP contribution in [0.4, 0.5) is 0 Å². The fraction of sp³-hybridized carbons (Fsp3) is 0.533. The number of benzene rings is 1. The van der Waals surface area contributed by atoms with Crippen LogP contribution < -0.4 is 5.73 Å². The summed E-state index contributed by atoms with van der Waals surface area (Å²) in [6, 6.07) is 8.18. The summed E-state index contributed by atoms with van der Waals surface area (Å²) < 4.78 is 0. The van der Waals surface area contributed by atoms with Gasteiger partial charge in [0.25, 0.3) is 0 Å². The SMILES string of the molecule is CC(N(C)Cc1ccccc1C(N)=NO)C(C)(C)C. The lowest BCUT2D eigenvalue weighted by Gasteiger charge is -2.35. The van der Waals surface area contributed by atoms with Crippen LogP contribution in [-0.4, -0.2) is 29.0 Å². The summed E-state index contributed by atoms with van der Waals surface area (Å²) in [5, 5.41) is 11.9.